The summed E-state index contributed by atoms with van der Waals surface area (Å²) >= 11 is 0. The predicted molar refractivity (Wildman–Crippen MR) is 58.5 cm³/mol. The van der Waals surface area contributed by atoms with Crippen molar-refractivity contribution in [1.29, 1.82) is 0 Å². The molecule has 0 aromatic heterocycles. The SMILES string of the molecule is CCC(O)CC(CC)C(O)OC(=O)C(C)O. The van der Waals surface area contributed by atoms with E-state index in [9.17, 15) is 15.0 Å². The molecule has 3 N–H and O–H groups in total. The first kappa shape index (κ1) is 15.3. The summed E-state index contributed by atoms with van der Waals surface area (Å²) < 4.78 is 4.67. The average molecular weight is 234 g/mol. The third-order valence-electron chi connectivity index (χ3n) is 2.55. The van der Waals surface area contributed by atoms with Gasteiger partial charge in [0.2, 0.25) is 6.29 Å². The van der Waals surface area contributed by atoms with Crippen molar-refractivity contribution in [2.45, 2.75) is 58.5 Å². The number of aliphatic hydroxyl groups excluding tert-OH is 3. The van der Waals surface area contributed by atoms with Gasteiger partial charge in [-0.25, -0.2) is 4.79 Å². The van der Waals surface area contributed by atoms with Gasteiger partial charge in [-0.1, -0.05) is 13.8 Å². The molecule has 0 bridgehead atoms. The summed E-state index contributed by atoms with van der Waals surface area (Å²) in [5, 5.41) is 28.0. The molecular formula is C11H22O5. The smallest absolute Gasteiger partial charge is 0.336 e. The van der Waals surface area contributed by atoms with E-state index < -0.39 is 24.5 Å². The minimum absolute atomic E-state index is 0.308. The molecule has 16 heavy (non-hydrogen) atoms. The molecule has 0 aliphatic rings. The Hall–Kier alpha value is -0.650. The number of hydrogen-bond acceptors (Lipinski definition) is 5. The molecule has 4 unspecified atom stereocenters. The van der Waals surface area contributed by atoms with E-state index in [1.54, 1.807) is 0 Å². The van der Waals surface area contributed by atoms with Crippen molar-refractivity contribution < 1.29 is 24.9 Å². The number of hydrogen-bond donors (Lipinski definition) is 3. The fourth-order valence-corrected chi connectivity index (χ4v) is 1.31. The zero-order valence-electron chi connectivity index (χ0n) is 10.1. The van der Waals surface area contributed by atoms with Crippen molar-refractivity contribution in [3.05, 3.63) is 0 Å². The molecule has 0 aliphatic heterocycles. The Labute approximate surface area is 96.0 Å². The fourth-order valence-electron chi connectivity index (χ4n) is 1.31. The second kappa shape index (κ2) is 7.60. The molecular weight excluding hydrogens is 212 g/mol. The Balaban J connectivity index is 4.20. The van der Waals surface area contributed by atoms with E-state index in [2.05, 4.69) is 4.74 Å². The predicted octanol–water partition coefficient (Wildman–Crippen LogP) is 0.416. The van der Waals surface area contributed by atoms with Gasteiger partial charge in [0.25, 0.3) is 0 Å². The highest BCUT2D eigenvalue weighted by Gasteiger charge is 2.25. The van der Waals surface area contributed by atoms with Crippen LogP contribution in [0.2, 0.25) is 0 Å². The first-order valence-electron chi connectivity index (χ1n) is 5.67. The van der Waals surface area contributed by atoms with Gasteiger partial charge in [-0.15, -0.1) is 0 Å². The molecule has 0 spiro atoms. The highest BCUT2D eigenvalue weighted by Crippen LogP contribution is 2.18. The van der Waals surface area contributed by atoms with Gasteiger partial charge in [0.05, 0.1) is 6.10 Å². The van der Waals surface area contributed by atoms with Crippen LogP contribution in [0.5, 0.6) is 0 Å². The van der Waals surface area contributed by atoms with E-state index in [-0.39, 0.29) is 5.92 Å². The number of aliphatic hydroxyl groups is 3. The Morgan fingerprint density at radius 2 is 1.75 bits per heavy atom. The molecule has 0 aromatic carbocycles. The molecule has 0 amide bonds. The molecule has 5 heteroatoms. The molecule has 0 rings (SSSR count). The second-order valence-electron chi connectivity index (χ2n) is 3.97. The number of rotatable bonds is 7. The normalized spacial score (nSPS) is 18.6. The molecule has 0 saturated heterocycles. The summed E-state index contributed by atoms with van der Waals surface area (Å²) in [6, 6.07) is 0. The maximum Gasteiger partial charge on any atom is 0.336 e. The van der Waals surface area contributed by atoms with Gasteiger partial charge in [0.15, 0.2) is 0 Å². The number of carbonyl (C=O) groups is 1. The van der Waals surface area contributed by atoms with Gasteiger partial charge in [0, 0.05) is 5.92 Å². The summed E-state index contributed by atoms with van der Waals surface area (Å²) in [5.41, 5.74) is 0. The summed E-state index contributed by atoms with van der Waals surface area (Å²) in [5.74, 6) is -1.16. The molecule has 4 atom stereocenters. The van der Waals surface area contributed by atoms with Crippen molar-refractivity contribution in [1.82, 2.24) is 0 Å². The standard InChI is InChI=1S/C11H22O5/c1-4-8(6-9(13)5-2)11(15)16-10(14)7(3)12/h7-9,11-13,15H,4-6H2,1-3H3. The van der Waals surface area contributed by atoms with E-state index in [0.717, 1.165) is 0 Å². The quantitative estimate of drug-likeness (QED) is 0.439. The monoisotopic (exact) mass is 234 g/mol. The van der Waals surface area contributed by atoms with Crippen molar-refractivity contribution in [3.8, 4) is 0 Å². The van der Waals surface area contributed by atoms with Crippen molar-refractivity contribution in [3.63, 3.8) is 0 Å². The Kier molecular flexibility index (Phi) is 7.29. The van der Waals surface area contributed by atoms with Crippen molar-refractivity contribution in [2.24, 2.45) is 5.92 Å². The summed E-state index contributed by atoms with van der Waals surface area (Å²) in [6.07, 6.45) is -1.47. The molecule has 0 radical (unpaired) electrons. The largest absolute Gasteiger partial charge is 0.434 e. The Morgan fingerprint density at radius 1 is 1.19 bits per heavy atom. The van der Waals surface area contributed by atoms with Gasteiger partial charge in [0.1, 0.15) is 6.10 Å². The van der Waals surface area contributed by atoms with E-state index in [1.807, 2.05) is 13.8 Å². The number of carbonyl (C=O) groups excluding carboxylic acids is 1. The van der Waals surface area contributed by atoms with Gasteiger partial charge >= 0.3 is 5.97 Å². The van der Waals surface area contributed by atoms with Crippen LogP contribution >= 0.6 is 0 Å². The highest BCUT2D eigenvalue weighted by molar-refractivity contribution is 5.73. The van der Waals surface area contributed by atoms with E-state index in [4.69, 9.17) is 5.11 Å². The van der Waals surface area contributed by atoms with Gasteiger partial charge in [-0.3, -0.25) is 0 Å². The molecule has 0 heterocycles. The Bertz CT molecular complexity index is 205. The van der Waals surface area contributed by atoms with Crippen LogP contribution in [0.25, 0.3) is 0 Å². The zero-order chi connectivity index (χ0) is 12.7. The van der Waals surface area contributed by atoms with Crippen LogP contribution in [-0.4, -0.2) is 39.8 Å². The van der Waals surface area contributed by atoms with Crippen LogP contribution in [0.3, 0.4) is 0 Å². The van der Waals surface area contributed by atoms with Crippen LogP contribution in [-0.2, 0) is 9.53 Å². The number of esters is 1. The van der Waals surface area contributed by atoms with E-state index in [1.165, 1.54) is 6.92 Å². The van der Waals surface area contributed by atoms with Gasteiger partial charge < -0.3 is 20.1 Å². The topological polar surface area (TPSA) is 87.0 Å². The van der Waals surface area contributed by atoms with Crippen molar-refractivity contribution >= 4 is 5.97 Å². The van der Waals surface area contributed by atoms with E-state index in [0.29, 0.717) is 19.3 Å². The maximum absolute atomic E-state index is 11.0. The van der Waals surface area contributed by atoms with Crippen molar-refractivity contribution in [2.75, 3.05) is 0 Å². The first-order chi connectivity index (χ1) is 7.42. The lowest BCUT2D eigenvalue weighted by Crippen LogP contribution is -2.32. The second-order valence-corrected chi connectivity index (χ2v) is 3.97. The Morgan fingerprint density at radius 3 is 2.12 bits per heavy atom. The maximum atomic E-state index is 11.0. The van der Waals surface area contributed by atoms with Gasteiger partial charge in [-0.05, 0) is 26.2 Å². The molecule has 0 aliphatic carbocycles. The molecule has 0 saturated carbocycles. The average Bonchev–Trinajstić information content (AvgIpc) is 2.24. The first-order valence-corrected chi connectivity index (χ1v) is 5.67. The van der Waals surface area contributed by atoms with Gasteiger partial charge in [-0.2, -0.15) is 0 Å². The molecule has 0 fully saturated rings. The minimum Gasteiger partial charge on any atom is -0.434 e. The third kappa shape index (κ3) is 5.44. The summed E-state index contributed by atoms with van der Waals surface area (Å²) in [6.45, 7) is 4.95. The van der Waals surface area contributed by atoms with Crippen LogP contribution in [0.4, 0.5) is 0 Å². The lowest BCUT2D eigenvalue weighted by Gasteiger charge is -2.23. The van der Waals surface area contributed by atoms with E-state index >= 15 is 0 Å². The highest BCUT2D eigenvalue weighted by atomic mass is 16.6. The molecule has 0 aromatic rings. The zero-order valence-corrected chi connectivity index (χ0v) is 10.1. The summed E-state index contributed by atoms with van der Waals surface area (Å²) in [4.78, 5) is 11.0. The van der Waals surface area contributed by atoms with Crippen LogP contribution in [0, 0.1) is 5.92 Å². The van der Waals surface area contributed by atoms with Crippen LogP contribution in [0.15, 0.2) is 0 Å². The molecule has 5 nitrogen and oxygen atoms in total. The van der Waals surface area contributed by atoms with Crippen LogP contribution in [0.1, 0.15) is 40.0 Å². The lowest BCUT2D eigenvalue weighted by molar-refractivity contribution is -0.187. The lowest BCUT2D eigenvalue weighted by atomic mass is 9.97. The molecule has 96 valence electrons. The number of ether oxygens (including phenoxy) is 1. The fraction of sp³-hybridized carbons (Fsp3) is 0.909. The van der Waals surface area contributed by atoms with Crippen LogP contribution < -0.4 is 0 Å². The summed E-state index contributed by atoms with van der Waals surface area (Å²) in [7, 11) is 0. The third-order valence-corrected chi connectivity index (χ3v) is 2.55. The minimum atomic E-state index is -1.27.